The molecule has 2 N–H and O–H groups in total. The number of carbonyl (C=O) groups is 1. The van der Waals surface area contributed by atoms with Gasteiger partial charge in [-0.2, -0.15) is 5.10 Å². The molecule has 0 fully saturated rings. The number of hydrogen-bond donors (Lipinski definition) is 2. The van der Waals surface area contributed by atoms with E-state index in [9.17, 15) is 4.79 Å². The van der Waals surface area contributed by atoms with Crippen LogP contribution < -0.4 is 10.6 Å². The highest BCUT2D eigenvalue weighted by Crippen LogP contribution is 2.18. The lowest BCUT2D eigenvalue weighted by molar-refractivity contribution is 0.0955. The van der Waals surface area contributed by atoms with Gasteiger partial charge in [-0.3, -0.25) is 4.79 Å². The molecule has 1 aromatic carbocycles. The van der Waals surface area contributed by atoms with E-state index in [4.69, 9.17) is 0 Å². The van der Waals surface area contributed by atoms with Crippen LogP contribution in [0.25, 0.3) is 5.69 Å². The second-order valence-corrected chi connectivity index (χ2v) is 6.66. The van der Waals surface area contributed by atoms with Gasteiger partial charge in [-0.05, 0) is 43.7 Å². The molecule has 1 aromatic heterocycles. The fraction of sp³-hybridized carbons (Fsp3) is 0.333. The van der Waals surface area contributed by atoms with Gasteiger partial charge in [0.25, 0.3) is 5.91 Å². The third kappa shape index (κ3) is 3.76. The summed E-state index contributed by atoms with van der Waals surface area (Å²) in [7, 11) is 0. The van der Waals surface area contributed by atoms with E-state index >= 15 is 0 Å². The molecule has 6 heteroatoms. The number of carbonyl (C=O) groups excluding carboxylic acids is 1. The minimum Gasteiger partial charge on any atom is -0.348 e. The molecule has 0 atom stereocenters. The third-order valence-corrected chi connectivity index (χ3v) is 4.68. The van der Waals surface area contributed by atoms with Crippen LogP contribution in [-0.2, 0) is 6.42 Å². The van der Waals surface area contributed by atoms with Gasteiger partial charge < -0.3 is 10.6 Å². The fourth-order valence-electron chi connectivity index (χ4n) is 2.83. The molecule has 0 saturated heterocycles. The highest BCUT2D eigenvalue weighted by atomic mass is 79.9. The molecule has 3 rings (SSSR count). The standard InChI is InChI=1S/C18H21BrN4O/c1-2-17-16(18(24)21-11-13-7-9-20-10-8-13)12-22-23(17)15-5-3-14(19)4-6-15/h3-7,12,20H,2,8-11H2,1H3,(H,21,24). The molecule has 0 radical (unpaired) electrons. The van der Waals surface area contributed by atoms with Crippen molar-refractivity contribution in [3.63, 3.8) is 0 Å². The monoisotopic (exact) mass is 388 g/mol. The van der Waals surface area contributed by atoms with Crippen LogP contribution in [-0.4, -0.2) is 35.3 Å². The van der Waals surface area contributed by atoms with Crippen molar-refractivity contribution in [1.29, 1.82) is 0 Å². The summed E-state index contributed by atoms with van der Waals surface area (Å²) in [5.41, 5.74) is 3.81. The van der Waals surface area contributed by atoms with Crippen LogP contribution >= 0.6 is 15.9 Å². The largest absolute Gasteiger partial charge is 0.348 e. The van der Waals surface area contributed by atoms with Crippen molar-refractivity contribution in [3.05, 3.63) is 57.8 Å². The van der Waals surface area contributed by atoms with E-state index in [1.54, 1.807) is 6.20 Å². The number of amides is 1. The van der Waals surface area contributed by atoms with Crippen molar-refractivity contribution in [1.82, 2.24) is 20.4 Å². The molecule has 0 saturated carbocycles. The lowest BCUT2D eigenvalue weighted by Crippen LogP contribution is -2.30. The van der Waals surface area contributed by atoms with Crippen LogP contribution in [0.4, 0.5) is 0 Å². The average Bonchev–Trinajstić information content (AvgIpc) is 3.05. The Morgan fingerprint density at radius 3 is 2.83 bits per heavy atom. The molecule has 2 aromatic rings. The van der Waals surface area contributed by atoms with Gasteiger partial charge in [0.05, 0.1) is 23.1 Å². The van der Waals surface area contributed by atoms with Gasteiger partial charge in [-0.1, -0.05) is 34.5 Å². The molecule has 0 spiro atoms. The Balaban J connectivity index is 1.77. The van der Waals surface area contributed by atoms with Gasteiger partial charge in [0.1, 0.15) is 0 Å². The maximum absolute atomic E-state index is 12.6. The lowest BCUT2D eigenvalue weighted by Gasteiger charge is -2.14. The first-order valence-corrected chi connectivity index (χ1v) is 8.98. The van der Waals surface area contributed by atoms with Crippen LogP contribution in [0.3, 0.4) is 0 Å². The number of nitrogens with zero attached hydrogens (tertiary/aromatic N) is 2. The molecule has 0 unspecified atom stereocenters. The van der Waals surface area contributed by atoms with E-state index in [0.717, 1.165) is 41.8 Å². The van der Waals surface area contributed by atoms with Crippen LogP contribution in [0.2, 0.25) is 0 Å². The van der Waals surface area contributed by atoms with Gasteiger partial charge in [0, 0.05) is 17.6 Å². The first-order chi connectivity index (χ1) is 11.7. The Labute approximate surface area is 150 Å². The van der Waals surface area contributed by atoms with E-state index in [1.807, 2.05) is 35.9 Å². The van der Waals surface area contributed by atoms with Crippen molar-refractivity contribution in [2.75, 3.05) is 19.6 Å². The van der Waals surface area contributed by atoms with Crippen molar-refractivity contribution in [3.8, 4) is 5.69 Å². The Kier molecular flexibility index (Phi) is 5.48. The second kappa shape index (κ2) is 7.77. The molecule has 5 nitrogen and oxygen atoms in total. The van der Waals surface area contributed by atoms with Gasteiger partial charge in [-0.25, -0.2) is 4.68 Å². The highest BCUT2D eigenvalue weighted by Gasteiger charge is 2.17. The van der Waals surface area contributed by atoms with E-state index in [0.29, 0.717) is 12.1 Å². The summed E-state index contributed by atoms with van der Waals surface area (Å²) >= 11 is 3.44. The molecular weight excluding hydrogens is 368 g/mol. The molecular formula is C18H21BrN4O. The van der Waals surface area contributed by atoms with Crippen molar-refractivity contribution >= 4 is 21.8 Å². The molecule has 0 aliphatic carbocycles. The summed E-state index contributed by atoms with van der Waals surface area (Å²) in [6.07, 6.45) is 5.54. The smallest absolute Gasteiger partial charge is 0.255 e. The Morgan fingerprint density at radius 2 is 2.17 bits per heavy atom. The molecule has 1 aliphatic heterocycles. The van der Waals surface area contributed by atoms with Crippen LogP contribution in [0.5, 0.6) is 0 Å². The minimum atomic E-state index is -0.0605. The van der Waals surface area contributed by atoms with Crippen LogP contribution in [0.15, 0.2) is 46.6 Å². The van der Waals surface area contributed by atoms with Crippen LogP contribution in [0.1, 0.15) is 29.4 Å². The number of hydrogen-bond acceptors (Lipinski definition) is 3. The Hall–Kier alpha value is -1.92. The minimum absolute atomic E-state index is 0.0605. The number of nitrogens with one attached hydrogen (secondary N) is 2. The molecule has 2 heterocycles. The van der Waals surface area contributed by atoms with E-state index in [1.165, 1.54) is 5.57 Å². The number of aromatic nitrogens is 2. The van der Waals surface area contributed by atoms with Gasteiger partial charge in [-0.15, -0.1) is 0 Å². The first kappa shape index (κ1) is 16.9. The SMILES string of the molecule is CCc1c(C(=O)NCC2=CCNCC2)cnn1-c1ccc(Br)cc1. The Bertz CT molecular complexity index is 749. The number of rotatable bonds is 5. The van der Waals surface area contributed by atoms with Crippen molar-refractivity contribution < 1.29 is 4.79 Å². The zero-order valence-electron chi connectivity index (χ0n) is 13.7. The first-order valence-electron chi connectivity index (χ1n) is 8.18. The fourth-order valence-corrected chi connectivity index (χ4v) is 3.09. The average molecular weight is 389 g/mol. The van der Waals surface area contributed by atoms with Gasteiger partial charge in [0.2, 0.25) is 0 Å². The van der Waals surface area contributed by atoms with E-state index in [2.05, 4.69) is 37.7 Å². The lowest BCUT2D eigenvalue weighted by atomic mass is 10.1. The molecule has 0 bridgehead atoms. The molecule has 24 heavy (non-hydrogen) atoms. The molecule has 126 valence electrons. The summed E-state index contributed by atoms with van der Waals surface area (Å²) in [5.74, 6) is -0.0605. The summed E-state index contributed by atoms with van der Waals surface area (Å²) in [6, 6.07) is 7.91. The zero-order chi connectivity index (χ0) is 16.9. The zero-order valence-corrected chi connectivity index (χ0v) is 15.3. The number of halogens is 1. The predicted octanol–water partition coefficient (Wildman–Crippen LogP) is 2.85. The number of benzene rings is 1. The summed E-state index contributed by atoms with van der Waals surface area (Å²) < 4.78 is 2.86. The third-order valence-electron chi connectivity index (χ3n) is 4.15. The molecule has 1 aliphatic rings. The summed E-state index contributed by atoms with van der Waals surface area (Å²) in [6.45, 7) is 4.50. The normalized spacial score (nSPS) is 14.3. The van der Waals surface area contributed by atoms with E-state index < -0.39 is 0 Å². The quantitative estimate of drug-likeness (QED) is 0.774. The maximum Gasteiger partial charge on any atom is 0.255 e. The summed E-state index contributed by atoms with van der Waals surface area (Å²) in [4.78, 5) is 12.6. The van der Waals surface area contributed by atoms with Crippen molar-refractivity contribution in [2.24, 2.45) is 0 Å². The summed E-state index contributed by atoms with van der Waals surface area (Å²) in [5, 5.41) is 10.7. The van der Waals surface area contributed by atoms with Gasteiger partial charge >= 0.3 is 0 Å². The topological polar surface area (TPSA) is 59.0 Å². The Morgan fingerprint density at radius 1 is 1.38 bits per heavy atom. The van der Waals surface area contributed by atoms with Crippen molar-refractivity contribution in [2.45, 2.75) is 19.8 Å². The highest BCUT2D eigenvalue weighted by molar-refractivity contribution is 9.10. The van der Waals surface area contributed by atoms with Crippen LogP contribution in [0, 0.1) is 0 Å². The predicted molar refractivity (Wildman–Crippen MR) is 98.5 cm³/mol. The maximum atomic E-state index is 12.6. The van der Waals surface area contributed by atoms with E-state index in [-0.39, 0.29) is 5.91 Å². The second-order valence-electron chi connectivity index (χ2n) is 5.75. The van der Waals surface area contributed by atoms with Gasteiger partial charge in [0.15, 0.2) is 0 Å². The molecule has 1 amide bonds.